The van der Waals surface area contributed by atoms with Gasteiger partial charge in [0.25, 0.3) is 5.69 Å². The predicted octanol–water partition coefficient (Wildman–Crippen LogP) is 2.26. The Morgan fingerprint density at radius 1 is 1.47 bits per heavy atom. The molecule has 0 saturated heterocycles. The van der Waals surface area contributed by atoms with E-state index in [-0.39, 0.29) is 11.1 Å². The van der Waals surface area contributed by atoms with Gasteiger partial charge in [-0.3, -0.25) is 14.9 Å². The maximum atomic E-state index is 11.8. The molecule has 0 fully saturated rings. The summed E-state index contributed by atoms with van der Waals surface area (Å²) in [6.07, 6.45) is 0. The number of aromatic carboxylic acids is 1. The molecule has 0 bridgehead atoms. The summed E-state index contributed by atoms with van der Waals surface area (Å²) in [5.41, 5.74) is -1.24. The highest BCUT2D eigenvalue weighted by molar-refractivity contribution is 9.10. The molecule has 0 aliphatic rings. The summed E-state index contributed by atoms with van der Waals surface area (Å²) in [7, 11) is 0. The number of benzene rings is 1. The van der Waals surface area contributed by atoms with Crippen molar-refractivity contribution in [3.8, 4) is 0 Å². The summed E-state index contributed by atoms with van der Waals surface area (Å²) in [4.78, 5) is 32.0. The van der Waals surface area contributed by atoms with Crippen LogP contribution in [-0.2, 0) is 0 Å². The van der Waals surface area contributed by atoms with Crippen molar-refractivity contribution in [1.82, 2.24) is 0 Å². The Hall–Kier alpha value is -1.76. The first-order valence-electron chi connectivity index (χ1n) is 4.55. The van der Waals surface area contributed by atoms with Gasteiger partial charge in [0, 0.05) is 6.07 Å². The van der Waals surface area contributed by atoms with Gasteiger partial charge in [-0.25, -0.2) is 4.79 Å². The van der Waals surface area contributed by atoms with Gasteiger partial charge in [0.15, 0.2) is 5.78 Å². The van der Waals surface area contributed by atoms with E-state index in [9.17, 15) is 19.7 Å². The Balaban J connectivity index is 3.55. The summed E-state index contributed by atoms with van der Waals surface area (Å²) in [5, 5.41) is 19.7. The molecule has 0 amide bonds. The van der Waals surface area contributed by atoms with Crippen molar-refractivity contribution < 1.29 is 19.6 Å². The van der Waals surface area contributed by atoms with Crippen molar-refractivity contribution >= 4 is 33.4 Å². The topological polar surface area (TPSA) is 97.5 Å². The molecule has 1 aromatic rings. The molecular weight excluding hydrogens is 294 g/mol. The Bertz CT molecular complexity index is 465. The number of halogens is 1. The molecule has 90 valence electrons. The molecule has 0 aliphatic carbocycles. The predicted molar refractivity (Wildman–Crippen MR) is 62.8 cm³/mol. The van der Waals surface area contributed by atoms with E-state index >= 15 is 0 Å². The minimum atomic E-state index is -1.37. The number of rotatable bonds is 4. The quantitative estimate of drug-likeness (QED) is 0.398. The zero-order chi connectivity index (χ0) is 13.2. The van der Waals surface area contributed by atoms with Crippen LogP contribution in [0, 0.1) is 10.1 Å². The van der Waals surface area contributed by atoms with Crippen LogP contribution in [0.25, 0.3) is 0 Å². The first kappa shape index (κ1) is 13.3. The maximum absolute atomic E-state index is 11.8. The van der Waals surface area contributed by atoms with Gasteiger partial charge >= 0.3 is 5.97 Å². The van der Waals surface area contributed by atoms with Crippen molar-refractivity contribution in [2.75, 3.05) is 0 Å². The van der Waals surface area contributed by atoms with E-state index < -0.39 is 27.2 Å². The van der Waals surface area contributed by atoms with Gasteiger partial charge in [0.1, 0.15) is 5.56 Å². The number of carboxylic acids is 1. The van der Waals surface area contributed by atoms with E-state index in [0.29, 0.717) is 0 Å². The van der Waals surface area contributed by atoms with E-state index in [2.05, 4.69) is 15.9 Å². The molecule has 6 nitrogen and oxygen atoms in total. The number of nitro benzene ring substituents is 1. The fraction of sp³-hybridized carbons (Fsp3) is 0.200. The van der Waals surface area contributed by atoms with Crippen molar-refractivity contribution in [2.45, 2.75) is 11.8 Å². The minimum absolute atomic E-state index is 0.365. The molecule has 17 heavy (non-hydrogen) atoms. The van der Waals surface area contributed by atoms with Gasteiger partial charge in [-0.1, -0.05) is 22.0 Å². The van der Waals surface area contributed by atoms with Crippen molar-refractivity contribution in [3.63, 3.8) is 0 Å². The molecule has 1 unspecified atom stereocenters. The highest BCUT2D eigenvalue weighted by atomic mass is 79.9. The van der Waals surface area contributed by atoms with E-state index in [1.54, 1.807) is 0 Å². The van der Waals surface area contributed by atoms with Crippen LogP contribution in [-0.4, -0.2) is 26.6 Å². The molecule has 7 heteroatoms. The summed E-state index contributed by atoms with van der Waals surface area (Å²) < 4.78 is 0. The number of Topliss-reactive ketones (excluding diaryl/α,β-unsaturated/α-hetero) is 1. The van der Waals surface area contributed by atoms with Gasteiger partial charge in [-0.15, -0.1) is 0 Å². The zero-order valence-electron chi connectivity index (χ0n) is 8.71. The number of nitrogens with zero attached hydrogens (tertiary/aromatic N) is 1. The lowest BCUT2D eigenvalue weighted by Gasteiger charge is -2.07. The Labute approximate surface area is 105 Å². The van der Waals surface area contributed by atoms with Gasteiger partial charge in [-0.05, 0) is 13.0 Å². The number of nitro groups is 1. The van der Waals surface area contributed by atoms with Crippen LogP contribution in [0.4, 0.5) is 5.69 Å². The number of carbonyl (C=O) groups excluding carboxylic acids is 1. The van der Waals surface area contributed by atoms with E-state index in [4.69, 9.17) is 5.11 Å². The van der Waals surface area contributed by atoms with Gasteiger partial charge in [-0.2, -0.15) is 0 Å². The highest BCUT2D eigenvalue weighted by Gasteiger charge is 2.28. The first-order chi connectivity index (χ1) is 7.86. The summed E-state index contributed by atoms with van der Waals surface area (Å²) >= 11 is 2.98. The monoisotopic (exact) mass is 301 g/mol. The standard InChI is InChI=1S/C10H8BrNO5/c1-5(11)9(13)8-6(10(14)15)3-2-4-7(8)12(16)17/h2-5H,1H3,(H,14,15). The Morgan fingerprint density at radius 2 is 2.06 bits per heavy atom. The molecule has 0 saturated carbocycles. The van der Waals surface area contributed by atoms with Gasteiger partial charge in [0.2, 0.25) is 0 Å². The van der Waals surface area contributed by atoms with E-state index in [1.807, 2.05) is 0 Å². The zero-order valence-corrected chi connectivity index (χ0v) is 10.3. The summed E-state index contributed by atoms with van der Waals surface area (Å²) in [6, 6.07) is 3.50. The van der Waals surface area contributed by atoms with Crippen LogP contribution in [0.5, 0.6) is 0 Å². The summed E-state index contributed by atoms with van der Waals surface area (Å²) in [5.74, 6) is -2.00. The number of alkyl halides is 1. The van der Waals surface area contributed by atoms with Crippen LogP contribution >= 0.6 is 15.9 Å². The number of carboxylic acid groups (broad SMARTS) is 1. The second kappa shape index (κ2) is 5.05. The number of hydrogen-bond acceptors (Lipinski definition) is 4. The number of hydrogen-bond donors (Lipinski definition) is 1. The third-order valence-corrected chi connectivity index (χ3v) is 2.49. The molecule has 1 rings (SSSR count). The lowest BCUT2D eigenvalue weighted by molar-refractivity contribution is -0.385. The van der Waals surface area contributed by atoms with Crippen LogP contribution < -0.4 is 0 Å². The van der Waals surface area contributed by atoms with Crippen molar-refractivity contribution in [1.29, 1.82) is 0 Å². The molecule has 0 aliphatic heterocycles. The average Bonchev–Trinajstić information content (AvgIpc) is 2.26. The third kappa shape index (κ3) is 2.68. The molecule has 1 atom stereocenters. The second-order valence-electron chi connectivity index (χ2n) is 3.24. The Kier molecular flexibility index (Phi) is 3.95. The molecular formula is C10H8BrNO5. The molecule has 0 spiro atoms. The SMILES string of the molecule is CC(Br)C(=O)c1c(C(=O)O)cccc1[N+](=O)[O-]. The minimum Gasteiger partial charge on any atom is -0.478 e. The average molecular weight is 302 g/mol. The van der Waals surface area contributed by atoms with Crippen LogP contribution in [0.15, 0.2) is 18.2 Å². The van der Waals surface area contributed by atoms with Crippen molar-refractivity contribution in [2.24, 2.45) is 0 Å². The fourth-order valence-electron chi connectivity index (χ4n) is 1.33. The molecule has 0 heterocycles. The molecule has 0 radical (unpaired) electrons. The Morgan fingerprint density at radius 3 is 2.47 bits per heavy atom. The molecule has 1 aromatic carbocycles. The third-order valence-electron chi connectivity index (χ3n) is 2.08. The van der Waals surface area contributed by atoms with Crippen molar-refractivity contribution in [3.05, 3.63) is 39.4 Å². The van der Waals surface area contributed by atoms with Gasteiger partial charge < -0.3 is 5.11 Å². The fourth-order valence-corrected chi connectivity index (χ4v) is 1.56. The normalized spacial score (nSPS) is 11.9. The lowest BCUT2D eigenvalue weighted by Crippen LogP contribution is -2.17. The number of carbonyl (C=O) groups is 2. The van der Waals surface area contributed by atoms with Gasteiger partial charge in [0.05, 0.1) is 15.3 Å². The molecule has 1 N–H and O–H groups in total. The largest absolute Gasteiger partial charge is 0.478 e. The first-order valence-corrected chi connectivity index (χ1v) is 5.46. The second-order valence-corrected chi connectivity index (χ2v) is 4.62. The maximum Gasteiger partial charge on any atom is 0.336 e. The highest BCUT2D eigenvalue weighted by Crippen LogP contribution is 2.25. The number of ketones is 1. The van der Waals surface area contributed by atoms with Crippen LogP contribution in [0.2, 0.25) is 0 Å². The smallest absolute Gasteiger partial charge is 0.336 e. The molecule has 0 aromatic heterocycles. The lowest BCUT2D eigenvalue weighted by atomic mass is 10.00. The van der Waals surface area contributed by atoms with Crippen LogP contribution in [0.1, 0.15) is 27.6 Å². The summed E-state index contributed by atoms with van der Waals surface area (Å²) in [6.45, 7) is 1.48. The van der Waals surface area contributed by atoms with Crippen LogP contribution in [0.3, 0.4) is 0 Å². The van der Waals surface area contributed by atoms with E-state index in [0.717, 1.165) is 12.1 Å². The van der Waals surface area contributed by atoms with E-state index in [1.165, 1.54) is 13.0 Å².